The lowest BCUT2D eigenvalue weighted by molar-refractivity contribution is -0.118. The molecule has 1 aliphatic heterocycles. The summed E-state index contributed by atoms with van der Waals surface area (Å²) in [6.45, 7) is 6.07. The average Bonchev–Trinajstić information content (AvgIpc) is 2.96. The summed E-state index contributed by atoms with van der Waals surface area (Å²) in [5.74, 6) is 0.0317. The Hall–Kier alpha value is -2.34. The van der Waals surface area contributed by atoms with Crippen LogP contribution in [0.1, 0.15) is 38.1 Å². The molecule has 0 saturated carbocycles. The van der Waals surface area contributed by atoms with Crippen molar-refractivity contribution in [3.8, 4) is 0 Å². The van der Waals surface area contributed by atoms with Gasteiger partial charge in [0.15, 0.2) is 0 Å². The third kappa shape index (κ3) is 4.89. The molecule has 0 radical (unpaired) electrons. The van der Waals surface area contributed by atoms with E-state index in [4.69, 9.17) is 0 Å². The van der Waals surface area contributed by atoms with Gasteiger partial charge in [-0.15, -0.1) is 11.8 Å². The smallest absolute Gasteiger partial charge is 0.238 e. The van der Waals surface area contributed by atoms with Gasteiger partial charge in [-0.1, -0.05) is 32.9 Å². The number of nitrogens with zero attached hydrogens (tertiary/aromatic N) is 1. The number of rotatable bonds is 4. The molecule has 1 atom stereocenters. The first-order chi connectivity index (χ1) is 12.7. The third-order valence-corrected chi connectivity index (χ3v) is 5.36. The van der Waals surface area contributed by atoms with Gasteiger partial charge >= 0.3 is 0 Å². The van der Waals surface area contributed by atoms with E-state index >= 15 is 0 Å². The van der Waals surface area contributed by atoms with Crippen LogP contribution in [0.5, 0.6) is 0 Å². The summed E-state index contributed by atoms with van der Waals surface area (Å²) < 4.78 is 13.2. The molecule has 0 spiro atoms. The summed E-state index contributed by atoms with van der Waals surface area (Å²) >= 11 is 1.53. The van der Waals surface area contributed by atoms with Crippen LogP contribution in [0.3, 0.4) is 0 Å². The van der Waals surface area contributed by atoms with Gasteiger partial charge in [-0.3, -0.25) is 14.5 Å². The summed E-state index contributed by atoms with van der Waals surface area (Å²) in [5.41, 5.74) is 2.30. The van der Waals surface area contributed by atoms with Crippen LogP contribution in [0.2, 0.25) is 0 Å². The topological polar surface area (TPSA) is 49.4 Å². The minimum atomic E-state index is -0.329. The Morgan fingerprint density at radius 2 is 1.78 bits per heavy atom. The summed E-state index contributed by atoms with van der Waals surface area (Å²) in [6, 6.07) is 13.5. The number of halogens is 1. The monoisotopic (exact) mass is 386 g/mol. The van der Waals surface area contributed by atoms with Crippen LogP contribution in [0, 0.1) is 11.2 Å². The van der Waals surface area contributed by atoms with Crippen LogP contribution in [-0.4, -0.2) is 17.6 Å². The lowest BCUT2D eigenvalue weighted by atomic mass is 9.92. The Labute approximate surface area is 163 Å². The van der Waals surface area contributed by atoms with Gasteiger partial charge in [-0.25, -0.2) is 4.39 Å². The fourth-order valence-electron chi connectivity index (χ4n) is 2.97. The Balaban J connectivity index is 1.74. The summed E-state index contributed by atoms with van der Waals surface area (Å²) in [4.78, 5) is 26.1. The van der Waals surface area contributed by atoms with Crippen LogP contribution in [0.25, 0.3) is 0 Å². The summed E-state index contributed by atoms with van der Waals surface area (Å²) in [5, 5.41) is 2.74. The SMILES string of the molecule is CC(C)(C)CC(=O)Nc1ccc([C@@H]2SCC(=O)N2c2ccc(F)cc2)cc1. The molecule has 4 nitrogen and oxygen atoms in total. The molecule has 27 heavy (non-hydrogen) atoms. The van der Waals surface area contributed by atoms with E-state index in [1.54, 1.807) is 17.0 Å². The molecule has 1 saturated heterocycles. The van der Waals surface area contributed by atoms with Crippen molar-refractivity contribution in [1.29, 1.82) is 0 Å². The van der Waals surface area contributed by atoms with Gasteiger partial charge in [0.05, 0.1) is 5.75 Å². The van der Waals surface area contributed by atoms with Crippen molar-refractivity contribution in [3.63, 3.8) is 0 Å². The second-order valence-electron chi connectivity index (χ2n) is 7.81. The quantitative estimate of drug-likeness (QED) is 0.806. The minimum absolute atomic E-state index is 0.000773. The highest BCUT2D eigenvalue weighted by molar-refractivity contribution is 8.00. The number of nitrogens with one attached hydrogen (secondary N) is 1. The van der Waals surface area contributed by atoms with Crippen LogP contribution < -0.4 is 10.2 Å². The van der Waals surface area contributed by atoms with E-state index in [1.807, 2.05) is 45.0 Å². The first-order valence-corrected chi connectivity index (χ1v) is 9.87. The molecule has 2 amide bonds. The molecular weight excluding hydrogens is 363 g/mol. The lowest BCUT2D eigenvalue weighted by Gasteiger charge is -2.24. The standard InChI is InChI=1S/C21H23FN2O2S/c1-21(2,3)12-18(25)23-16-8-4-14(5-9-16)20-24(19(26)13-27-20)17-10-6-15(22)7-11-17/h4-11,20H,12-13H2,1-3H3,(H,23,25)/t20-/m0/s1. The van der Waals surface area contributed by atoms with E-state index in [-0.39, 0.29) is 28.4 Å². The Morgan fingerprint density at radius 3 is 2.37 bits per heavy atom. The van der Waals surface area contributed by atoms with Gasteiger partial charge in [0, 0.05) is 17.8 Å². The van der Waals surface area contributed by atoms with Crippen molar-refractivity contribution in [2.75, 3.05) is 16.0 Å². The number of carbonyl (C=O) groups excluding carboxylic acids is 2. The maximum absolute atomic E-state index is 13.2. The first-order valence-electron chi connectivity index (χ1n) is 8.82. The lowest BCUT2D eigenvalue weighted by Crippen LogP contribution is -2.27. The van der Waals surface area contributed by atoms with Gasteiger partial charge in [-0.2, -0.15) is 0 Å². The number of hydrogen-bond donors (Lipinski definition) is 1. The molecule has 1 fully saturated rings. The Bertz CT molecular complexity index is 829. The van der Waals surface area contributed by atoms with Gasteiger partial charge in [-0.05, 0) is 47.4 Å². The Morgan fingerprint density at radius 1 is 1.15 bits per heavy atom. The van der Waals surface area contributed by atoms with Crippen molar-refractivity contribution in [2.45, 2.75) is 32.6 Å². The van der Waals surface area contributed by atoms with Crippen LogP contribution >= 0.6 is 11.8 Å². The van der Waals surface area contributed by atoms with E-state index in [2.05, 4.69) is 5.32 Å². The number of benzene rings is 2. The number of carbonyl (C=O) groups is 2. The Kier molecular flexibility index (Phi) is 5.56. The molecule has 0 aliphatic carbocycles. The van der Waals surface area contributed by atoms with Gasteiger partial charge in [0.2, 0.25) is 11.8 Å². The fraction of sp³-hybridized carbons (Fsp3) is 0.333. The number of thioether (sulfide) groups is 1. The maximum atomic E-state index is 13.2. The molecule has 2 aromatic rings. The zero-order valence-electron chi connectivity index (χ0n) is 15.7. The van der Waals surface area contributed by atoms with E-state index in [9.17, 15) is 14.0 Å². The van der Waals surface area contributed by atoms with Crippen molar-refractivity contribution in [1.82, 2.24) is 0 Å². The molecule has 1 aliphatic rings. The highest BCUT2D eigenvalue weighted by atomic mass is 32.2. The normalized spacial score (nSPS) is 17.3. The highest BCUT2D eigenvalue weighted by Gasteiger charge is 2.34. The van der Waals surface area contributed by atoms with Crippen LogP contribution in [-0.2, 0) is 9.59 Å². The van der Waals surface area contributed by atoms with E-state index in [1.165, 1.54) is 23.9 Å². The molecule has 0 aromatic heterocycles. The molecule has 0 unspecified atom stereocenters. The molecule has 6 heteroatoms. The van der Waals surface area contributed by atoms with Gasteiger partial charge < -0.3 is 5.32 Å². The maximum Gasteiger partial charge on any atom is 0.238 e. The van der Waals surface area contributed by atoms with Crippen molar-refractivity contribution >= 4 is 35.0 Å². The zero-order valence-corrected chi connectivity index (χ0v) is 16.5. The van der Waals surface area contributed by atoms with Crippen molar-refractivity contribution in [3.05, 3.63) is 59.9 Å². The molecule has 1 N–H and O–H groups in total. The van der Waals surface area contributed by atoms with Gasteiger partial charge in [0.1, 0.15) is 11.2 Å². The molecule has 2 aromatic carbocycles. The van der Waals surface area contributed by atoms with E-state index < -0.39 is 0 Å². The third-order valence-electron chi connectivity index (χ3n) is 4.14. The first kappa shape index (κ1) is 19.4. The second kappa shape index (κ2) is 7.72. The average molecular weight is 386 g/mol. The van der Waals surface area contributed by atoms with Crippen LogP contribution in [0.15, 0.2) is 48.5 Å². The molecule has 0 bridgehead atoms. The molecule has 1 heterocycles. The predicted octanol–water partition coefficient (Wildman–Crippen LogP) is 4.98. The second-order valence-corrected chi connectivity index (χ2v) is 8.88. The van der Waals surface area contributed by atoms with E-state index in [0.717, 1.165) is 11.3 Å². The van der Waals surface area contributed by atoms with Crippen molar-refractivity contribution < 1.29 is 14.0 Å². The number of amides is 2. The number of hydrogen-bond acceptors (Lipinski definition) is 3. The van der Waals surface area contributed by atoms with E-state index in [0.29, 0.717) is 17.9 Å². The predicted molar refractivity (Wildman–Crippen MR) is 108 cm³/mol. The fourth-order valence-corrected chi connectivity index (χ4v) is 4.15. The zero-order chi connectivity index (χ0) is 19.6. The van der Waals surface area contributed by atoms with Crippen LogP contribution in [0.4, 0.5) is 15.8 Å². The number of anilines is 2. The largest absolute Gasteiger partial charge is 0.326 e. The highest BCUT2D eigenvalue weighted by Crippen LogP contribution is 2.41. The minimum Gasteiger partial charge on any atom is -0.326 e. The molecular formula is C21H23FN2O2S. The molecule has 142 valence electrons. The summed E-state index contributed by atoms with van der Waals surface area (Å²) in [6.07, 6.45) is 0.445. The summed E-state index contributed by atoms with van der Waals surface area (Å²) in [7, 11) is 0. The van der Waals surface area contributed by atoms with Gasteiger partial charge in [0.25, 0.3) is 0 Å². The molecule has 3 rings (SSSR count). The van der Waals surface area contributed by atoms with Crippen molar-refractivity contribution in [2.24, 2.45) is 5.41 Å².